The standard InChI is InChI=1S/C13H24O4.C9H20O2/c1-4-5-6-7-8-13(17-12(3)15)9-10-16-11(2)14;1-2-3-4-5-6-9(11)7-8-10/h13H,4-10H2,1-3H3;9-11H,2-8H2,1H3. The fourth-order valence-electron chi connectivity index (χ4n) is 2.73. The summed E-state index contributed by atoms with van der Waals surface area (Å²) in [6.45, 7) is 7.54. The number of ether oxygens (including phenoxy) is 2. The number of aliphatic hydroxyl groups is 2. The molecule has 2 unspecified atom stereocenters. The van der Waals surface area contributed by atoms with Gasteiger partial charge in [-0.15, -0.1) is 0 Å². The van der Waals surface area contributed by atoms with Gasteiger partial charge in [-0.25, -0.2) is 0 Å². The molecule has 0 aliphatic carbocycles. The average molecular weight is 405 g/mol. The maximum absolute atomic E-state index is 10.9. The lowest BCUT2D eigenvalue weighted by Crippen LogP contribution is -2.19. The molecule has 0 rings (SSSR count). The Hall–Kier alpha value is -1.14. The lowest BCUT2D eigenvalue weighted by atomic mass is 10.1. The van der Waals surface area contributed by atoms with Crippen molar-refractivity contribution >= 4 is 11.9 Å². The van der Waals surface area contributed by atoms with E-state index in [4.69, 9.17) is 14.6 Å². The lowest BCUT2D eigenvalue weighted by molar-refractivity contribution is -0.148. The first-order chi connectivity index (χ1) is 13.4. The van der Waals surface area contributed by atoms with Crippen LogP contribution < -0.4 is 0 Å². The van der Waals surface area contributed by atoms with Crippen LogP contribution in [-0.4, -0.2) is 47.6 Å². The van der Waals surface area contributed by atoms with Gasteiger partial charge in [0.15, 0.2) is 0 Å². The third-order valence-corrected chi connectivity index (χ3v) is 4.31. The normalized spacial score (nSPS) is 12.5. The summed E-state index contributed by atoms with van der Waals surface area (Å²) in [5.41, 5.74) is 0. The number of hydrogen-bond acceptors (Lipinski definition) is 6. The van der Waals surface area contributed by atoms with E-state index in [-0.39, 0.29) is 30.8 Å². The van der Waals surface area contributed by atoms with Gasteiger partial charge in [-0.05, 0) is 25.7 Å². The lowest BCUT2D eigenvalue weighted by Gasteiger charge is -2.16. The minimum Gasteiger partial charge on any atom is -0.466 e. The van der Waals surface area contributed by atoms with Crippen molar-refractivity contribution in [2.45, 2.75) is 117 Å². The Morgan fingerprint density at radius 3 is 1.82 bits per heavy atom. The first-order valence-corrected chi connectivity index (χ1v) is 11.0. The molecule has 0 radical (unpaired) electrons. The van der Waals surface area contributed by atoms with Crippen molar-refractivity contribution < 1.29 is 29.3 Å². The van der Waals surface area contributed by atoms with E-state index in [1.54, 1.807) is 0 Å². The van der Waals surface area contributed by atoms with Crippen LogP contribution in [0.15, 0.2) is 0 Å². The number of unbranched alkanes of at least 4 members (excludes halogenated alkanes) is 6. The van der Waals surface area contributed by atoms with Crippen molar-refractivity contribution in [3.8, 4) is 0 Å². The summed E-state index contributed by atoms with van der Waals surface area (Å²) >= 11 is 0. The highest BCUT2D eigenvalue weighted by molar-refractivity contribution is 5.66. The van der Waals surface area contributed by atoms with Crippen LogP contribution in [0.1, 0.15) is 105 Å². The fourth-order valence-corrected chi connectivity index (χ4v) is 2.73. The molecule has 28 heavy (non-hydrogen) atoms. The van der Waals surface area contributed by atoms with Gasteiger partial charge in [0, 0.05) is 26.9 Å². The molecule has 6 nitrogen and oxygen atoms in total. The maximum Gasteiger partial charge on any atom is 0.302 e. The highest BCUT2D eigenvalue weighted by Gasteiger charge is 2.12. The maximum atomic E-state index is 10.9. The van der Waals surface area contributed by atoms with Gasteiger partial charge in [-0.1, -0.05) is 58.8 Å². The van der Waals surface area contributed by atoms with Crippen molar-refractivity contribution in [2.24, 2.45) is 0 Å². The van der Waals surface area contributed by atoms with Crippen molar-refractivity contribution in [3.63, 3.8) is 0 Å². The SMILES string of the molecule is CCCCCCC(CCOC(C)=O)OC(C)=O.CCCCCCC(O)CCO. The minimum atomic E-state index is -0.294. The molecule has 0 bridgehead atoms. The highest BCUT2D eigenvalue weighted by atomic mass is 16.6. The van der Waals surface area contributed by atoms with Crippen molar-refractivity contribution in [2.75, 3.05) is 13.2 Å². The zero-order valence-electron chi connectivity index (χ0n) is 18.6. The van der Waals surface area contributed by atoms with Crippen LogP contribution in [0, 0.1) is 0 Å². The van der Waals surface area contributed by atoms with Crippen molar-refractivity contribution in [3.05, 3.63) is 0 Å². The second-order valence-electron chi connectivity index (χ2n) is 7.22. The molecule has 0 aromatic rings. The smallest absolute Gasteiger partial charge is 0.302 e. The molecule has 0 spiro atoms. The minimum absolute atomic E-state index is 0.106. The van der Waals surface area contributed by atoms with Crippen LogP contribution >= 0.6 is 0 Å². The molecule has 2 N–H and O–H groups in total. The van der Waals surface area contributed by atoms with Crippen molar-refractivity contribution in [1.29, 1.82) is 0 Å². The first kappa shape index (κ1) is 29.1. The molecule has 0 aromatic carbocycles. The van der Waals surface area contributed by atoms with Gasteiger partial charge in [0.05, 0.1) is 12.7 Å². The number of esters is 2. The third-order valence-electron chi connectivity index (χ3n) is 4.31. The summed E-state index contributed by atoms with van der Waals surface area (Å²) in [6, 6.07) is 0. The molecule has 0 aromatic heterocycles. The van der Waals surface area contributed by atoms with Gasteiger partial charge in [0.2, 0.25) is 0 Å². The molecular formula is C22H44O6. The number of rotatable bonds is 16. The largest absolute Gasteiger partial charge is 0.466 e. The Bertz CT molecular complexity index is 359. The molecule has 0 aliphatic rings. The molecule has 0 heterocycles. The average Bonchev–Trinajstić information content (AvgIpc) is 2.62. The summed E-state index contributed by atoms with van der Waals surface area (Å²) in [7, 11) is 0. The Morgan fingerprint density at radius 1 is 0.786 bits per heavy atom. The number of hydrogen-bond donors (Lipinski definition) is 2. The van der Waals surface area contributed by atoms with Gasteiger partial charge in [-0.2, -0.15) is 0 Å². The molecular weight excluding hydrogens is 360 g/mol. The summed E-state index contributed by atoms with van der Waals surface area (Å²) in [4.78, 5) is 21.5. The predicted octanol–water partition coefficient (Wildman–Crippen LogP) is 4.54. The van der Waals surface area contributed by atoms with Gasteiger partial charge >= 0.3 is 11.9 Å². The molecule has 0 saturated heterocycles. The second-order valence-corrected chi connectivity index (χ2v) is 7.22. The first-order valence-electron chi connectivity index (χ1n) is 11.0. The van der Waals surface area contributed by atoms with Crippen molar-refractivity contribution in [1.82, 2.24) is 0 Å². The van der Waals surface area contributed by atoms with E-state index >= 15 is 0 Å². The quantitative estimate of drug-likeness (QED) is 0.290. The molecule has 0 aliphatic heterocycles. The number of carbonyl (C=O) groups is 2. The Balaban J connectivity index is 0. The van der Waals surface area contributed by atoms with Crippen LogP contribution in [0.25, 0.3) is 0 Å². The number of carbonyl (C=O) groups excluding carboxylic acids is 2. The molecule has 2 atom stereocenters. The summed E-state index contributed by atoms with van der Waals surface area (Å²) < 4.78 is 10.0. The van der Waals surface area contributed by atoms with E-state index in [9.17, 15) is 14.7 Å². The van der Waals surface area contributed by atoms with E-state index in [0.717, 1.165) is 32.1 Å². The van der Waals surface area contributed by atoms with Crippen LogP contribution in [0.5, 0.6) is 0 Å². The van der Waals surface area contributed by atoms with Gasteiger partial charge in [0.1, 0.15) is 6.10 Å². The van der Waals surface area contributed by atoms with E-state index in [1.807, 2.05) is 0 Å². The van der Waals surface area contributed by atoms with E-state index in [2.05, 4.69) is 13.8 Å². The molecule has 0 fully saturated rings. The summed E-state index contributed by atoms with van der Waals surface area (Å²) in [6.07, 6.45) is 11.8. The van der Waals surface area contributed by atoms with Gasteiger partial charge < -0.3 is 19.7 Å². The van der Waals surface area contributed by atoms with Crippen LogP contribution in [0.3, 0.4) is 0 Å². The monoisotopic (exact) mass is 404 g/mol. The Labute approximate surface area is 172 Å². The zero-order chi connectivity index (χ0) is 21.6. The van der Waals surface area contributed by atoms with Crippen LogP contribution in [0.2, 0.25) is 0 Å². The Morgan fingerprint density at radius 2 is 1.36 bits per heavy atom. The number of aliphatic hydroxyl groups excluding tert-OH is 2. The molecule has 0 saturated carbocycles. The predicted molar refractivity (Wildman–Crippen MR) is 112 cm³/mol. The Kier molecular flexibility index (Phi) is 23.0. The second kappa shape index (κ2) is 22.2. The van der Waals surface area contributed by atoms with E-state index in [0.29, 0.717) is 19.4 Å². The van der Waals surface area contributed by atoms with Gasteiger partial charge in [-0.3, -0.25) is 9.59 Å². The summed E-state index contributed by atoms with van der Waals surface area (Å²) in [5, 5.41) is 17.7. The van der Waals surface area contributed by atoms with E-state index in [1.165, 1.54) is 46.0 Å². The third kappa shape index (κ3) is 24.9. The molecule has 0 amide bonds. The highest BCUT2D eigenvalue weighted by Crippen LogP contribution is 2.12. The zero-order valence-corrected chi connectivity index (χ0v) is 18.6. The van der Waals surface area contributed by atoms with Crippen LogP contribution in [0.4, 0.5) is 0 Å². The topological polar surface area (TPSA) is 93.1 Å². The van der Waals surface area contributed by atoms with Gasteiger partial charge in [0.25, 0.3) is 0 Å². The summed E-state index contributed by atoms with van der Waals surface area (Å²) in [5.74, 6) is -0.564. The van der Waals surface area contributed by atoms with Crippen LogP contribution in [-0.2, 0) is 19.1 Å². The molecule has 6 heteroatoms. The van der Waals surface area contributed by atoms with E-state index < -0.39 is 0 Å². The molecule has 168 valence electrons. The fraction of sp³-hybridized carbons (Fsp3) is 0.909.